The van der Waals surface area contributed by atoms with E-state index in [-0.39, 0.29) is 22.0 Å². The number of carbonyl (C=O) groups is 1. The summed E-state index contributed by atoms with van der Waals surface area (Å²) in [6.45, 7) is 0. The van der Waals surface area contributed by atoms with Gasteiger partial charge in [0, 0.05) is 12.1 Å². The van der Waals surface area contributed by atoms with Crippen LogP contribution >= 0.6 is 23.2 Å². The molecule has 80 valence electrons. The fourth-order valence-corrected chi connectivity index (χ4v) is 1.47. The second-order valence-electron chi connectivity index (χ2n) is 2.54. The van der Waals surface area contributed by atoms with Crippen molar-refractivity contribution in [1.82, 2.24) is 0 Å². The molecular formula is C8H5Cl2NO4. The summed E-state index contributed by atoms with van der Waals surface area (Å²) in [6, 6.07) is 2.10. The van der Waals surface area contributed by atoms with Crippen molar-refractivity contribution in [3.8, 4) is 5.75 Å². The van der Waals surface area contributed by atoms with Gasteiger partial charge >= 0.3 is 0 Å². The number of nitrogens with zero attached hydrogens (tertiary/aromatic N) is 1. The fourth-order valence-electron chi connectivity index (χ4n) is 1.04. The molecule has 0 fully saturated rings. The summed E-state index contributed by atoms with van der Waals surface area (Å²) in [4.78, 5) is 20.8. The van der Waals surface area contributed by atoms with Crippen LogP contribution in [0, 0.1) is 10.1 Å². The number of hydrogen-bond acceptors (Lipinski definition) is 4. The first kappa shape index (κ1) is 11.7. The van der Waals surface area contributed by atoms with Crippen LogP contribution in [0.25, 0.3) is 0 Å². The van der Waals surface area contributed by atoms with Gasteiger partial charge in [0.2, 0.25) is 0 Å². The van der Waals surface area contributed by atoms with Gasteiger partial charge in [-0.1, -0.05) is 11.6 Å². The lowest BCUT2D eigenvalue weighted by Crippen LogP contribution is -1.98. The van der Waals surface area contributed by atoms with Crippen molar-refractivity contribution in [2.45, 2.75) is 0 Å². The second-order valence-corrected chi connectivity index (χ2v) is 3.29. The molecule has 7 heteroatoms. The zero-order valence-electron chi connectivity index (χ0n) is 7.49. The quantitative estimate of drug-likeness (QED) is 0.469. The molecule has 0 aliphatic carbocycles. The van der Waals surface area contributed by atoms with E-state index in [9.17, 15) is 14.9 Å². The highest BCUT2D eigenvalue weighted by Gasteiger charge is 2.19. The van der Waals surface area contributed by atoms with Gasteiger partial charge in [0.1, 0.15) is 5.75 Å². The Morgan fingerprint density at radius 1 is 1.53 bits per heavy atom. The Labute approximate surface area is 94.7 Å². The smallest absolute Gasteiger partial charge is 0.271 e. The Hall–Kier alpha value is -1.33. The largest absolute Gasteiger partial charge is 0.494 e. The van der Waals surface area contributed by atoms with Crippen LogP contribution in [0.5, 0.6) is 5.75 Å². The Bertz CT molecular complexity index is 433. The van der Waals surface area contributed by atoms with Crippen LogP contribution in [0.4, 0.5) is 5.69 Å². The third-order valence-electron chi connectivity index (χ3n) is 1.66. The third kappa shape index (κ3) is 2.37. The monoisotopic (exact) mass is 249 g/mol. The lowest BCUT2D eigenvalue weighted by Gasteiger charge is -2.06. The van der Waals surface area contributed by atoms with Crippen LogP contribution in [-0.2, 0) is 0 Å². The number of nitro benzene ring substituents is 1. The first-order valence-corrected chi connectivity index (χ1v) is 4.44. The lowest BCUT2D eigenvalue weighted by molar-refractivity contribution is -0.384. The minimum atomic E-state index is -0.863. The molecule has 0 radical (unpaired) electrons. The van der Waals surface area contributed by atoms with E-state index in [0.29, 0.717) is 0 Å². The maximum Gasteiger partial charge on any atom is 0.271 e. The predicted molar refractivity (Wildman–Crippen MR) is 54.8 cm³/mol. The molecule has 1 aromatic rings. The van der Waals surface area contributed by atoms with E-state index in [1.165, 1.54) is 7.11 Å². The van der Waals surface area contributed by atoms with E-state index < -0.39 is 10.2 Å². The Morgan fingerprint density at radius 3 is 2.53 bits per heavy atom. The summed E-state index contributed by atoms with van der Waals surface area (Å²) in [5, 5.41) is 9.58. The zero-order chi connectivity index (χ0) is 11.6. The van der Waals surface area contributed by atoms with E-state index in [1.807, 2.05) is 0 Å². The standard InChI is InChI=1S/C8H5Cl2NO4/c1-15-7-5(8(10)12)2-4(11(13)14)3-6(7)9/h2-3H,1H3. The minimum absolute atomic E-state index is 0.0299. The number of methoxy groups -OCH3 is 1. The molecule has 0 amide bonds. The van der Waals surface area contributed by atoms with Crippen molar-refractivity contribution < 1.29 is 14.5 Å². The van der Waals surface area contributed by atoms with Crippen LogP contribution in [0.2, 0.25) is 5.02 Å². The molecule has 0 aliphatic heterocycles. The van der Waals surface area contributed by atoms with E-state index in [0.717, 1.165) is 12.1 Å². The van der Waals surface area contributed by atoms with Crippen molar-refractivity contribution >= 4 is 34.1 Å². The van der Waals surface area contributed by atoms with Gasteiger partial charge in [-0.15, -0.1) is 0 Å². The normalized spacial score (nSPS) is 9.80. The number of benzene rings is 1. The van der Waals surface area contributed by atoms with Gasteiger partial charge < -0.3 is 4.74 Å². The zero-order valence-corrected chi connectivity index (χ0v) is 9.00. The highest BCUT2D eigenvalue weighted by molar-refractivity contribution is 6.68. The van der Waals surface area contributed by atoms with E-state index >= 15 is 0 Å². The minimum Gasteiger partial charge on any atom is -0.494 e. The molecule has 0 atom stereocenters. The maximum absolute atomic E-state index is 11.0. The van der Waals surface area contributed by atoms with Crippen molar-refractivity contribution in [3.05, 3.63) is 32.8 Å². The molecule has 0 N–H and O–H groups in total. The Morgan fingerprint density at radius 2 is 2.13 bits per heavy atom. The number of carbonyl (C=O) groups excluding carboxylic acids is 1. The third-order valence-corrected chi connectivity index (χ3v) is 2.14. The van der Waals surface area contributed by atoms with Gasteiger partial charge in [-0.2, -0.15) is 0 Å². The van der Waals surface area contributed by atoms with Crippen molar-refractivity contribution in [1.29, 1.82) is 0 Å². The summed E-state index contributed by atoms with van der Waals surface area (Å²) in [5.74, 6) is 0.0299. The topological polar surface area (TPSA) is 69.4 Å². The number of ether oxygens (including phenoxy) is 1. The van der Waals surface area contributed by atoms with E-state index in [4.69, 9.17) is 27.9 Å². The Balaban J connectivity index is 3.45. The summed E-state index contributed by atoms with van der Waals surface area (Å²) < 4.78 is 4.81. The summed E-state index contributed by atoms with van der Waals surface area (Å²) in [5.41, 5.74) is -0.442. The van der Waals surface area contributed by atoms with Gasteiger partial charge in [-0.25, -0.2) is 0 Å². The highest BCUT2D eigenvalue weighted by Crippen LogP contribution is 2.33. The number of rotatable bonds is 3. The van der Waals surface area contributed by atoms with Crippen LogP contribution in [-0.4, -0.2) is 17.3 Å². The molecule has 1 rings (SSSR count). The first-order chi connectivity index (χ1) is 6.97. The molecule has 1 aromatic carbocycles. The molecule has 0 heterocycles. The van der Waals surface area contributed by atoms with Gasteiger partial charge in [-0.05, 0) is 11.6 Å². The molecule has 0 saturated heterocycles. The highest BCUT2D eigenvalue weighted by atomic mass is 35.5. The van der Waals surface area contributed by atoms with E-state index in [1.54, 1.807) is 0 Å². The fraction of sp³-hybridized carbons (Fsp3) is 0.125. The van der Waals surface area contributed by atoms with Crippen molar-refractivity contribution in [3.63, 3.8) is 0 Å². The molecule has 15 heavy (non-hydrogen) atoms. The van der Waals surface area contributed by atoms with Gasteiger partial charge in [0.05, 0.1) is 22.6 Å². The van der Waals surface area contributed by atoms with Gasteiger partial charge in [-0.3, -0.25) is 14.9 Å². The molecule has 0 aromatic heterocycles. The van der Waals surface area contributed by atoms with Gasteiger partial charge in [0.25, 0.3) is 10.9 Å². The number of nitro groups is 1. The van der Waals surface area contributed by atoms with Crippen molar-refractivity contribution in [2.24, 2.45) is 0 Å². The first-order valence-electron chi connectivity index (χ1n) is 3.69. The Kier molecular flexibility index (Phi) is 3.49. The van der Waals surface area contributed by atoms with E-state index in [2.05, 4.69) is 0 Å². The number of hydrogen-bond donors (Lipinski definition) is 0. The maximum atomic E-state index is 11.0. The number of non-ortho nitro benzene ring substituents is 1. The SMILES string of the molecule is COc1c(Cl)cc([N+](=O)[O-])cc1C(=O)Cl. The average Bonchev–Trinajstić information content (AvgIpc) is 2.16. The van der Waals surface area contributed by atoms with Crippen LogP contribution in [0.15, 0.2) is 12.1 Å². The van der Waals surface area contributed by atoms with Crippen molar-refractivity contribution in [2.75, 3.05) is 7.11 Å². The van der Waals surface area contributed by atoms with Crippen LogP contribution in [0.1, 0.15) is 10.4 Å². The molecule has 0 bridgehead atoms. The molecule has 0 unspecified atom stereocenters. The summed E-state index contributed by atoms with van der Waals surface area (Å²) in [6.07, 6.45) is 0. The molecule has 0 saturated carbocycles. The lowest BCUT2D eigenvalue weighted by atomic mass is 10.2. The molecular weight excluding hydrogens is 245 g/mol. The molecule has 0 spiro atoms. The number of halogens is 2. The van der Waals surface area contributed by atoms with Gasteiger partial charge in [0.15, 0.2) is 0 Å². The average molecular weight is 250 g/mol. The second kappa shape index (κ2) is 4.46. The molecule has 5 nitrogen and oxygen atoms in total. The van der Waals surface area contributed by atoms with Crippen LogP contribution < -0.4 is 4.74 Å². The predicted octanol–water partition coefficient (Wildman–Crippen LogP) is 2.64. The summed E-state index contributed by atoms with van der Waals surface area (Å²) in [7, 11) is 1.29. The summed E-state index contributed by atoms with van der Waals surface area (Å²) >= 11 is 10.9. The molecule has 0 aliphatic rings. The van der Waals surface area contributed by atoms with Crippen LogP contribution in [0.3, 0.4) is 0 Å².